The molecule has 0 saturated heterocycles. The fraction of sp³-hybridized carbons (Fsp3) is 0. The van der Waals surface area contributed by atoms with E-state index < -0.39 is 10.4 Å². The molecule has 6 heteroatoms. The molecule has 4 nitrogen and oxygen atoms in total. The Bertz CT molecular complexity index is 90.7. The van der Waals surface area contributed by atoms with Crippen molar-refractivity contribution in [3.05, 3.63) is 0 Å². The second-order valence-corrected chi connectivity index (χ2v) is 1.22. The predicted molar refractivity (Wildman–Crippen MR) is 16.2 cm³/mol. The van der Waals surface area contributed by atoms with E-state index in [0.717, 1.165) is 0 Å². The minimum Gasteiger partial charge on any atom is -0.759 e. The van der Waals surface area contributed by atoms with E-state index >= 15 is 0 Å². The van der Waals surface area contributed by atoms with Crippen molar-refractivity contribution in [3.63, 3.8) is 0 Å². The van der Waals surface area contributed by atoms with Gasteiger partial charge in [-0.25, -0.2) is 0 Å². The van der Waals surface area contributed by atoms with Crippen molar-refractivity contribution >= 4 is 21.4 Å². The summed E-state index contributed by atoms with van der Waals surface area (Å²) in [4.78, 5) is 0. The molecule has 0 unspecified atom stereocenters. The van der Waals surface area contributed by atoms with Crippen LogP contribution in [0.15, 0.2) is 0 Å². The van der Waals surface area contributed by atoms with Crippen LogP contribution in [0.1, 0.15) is 0 Å². The van der Waals surface area contributed by atoms with Crippen LogP contribution in [-0.2, 0) is 10.4 Å². The van der Waals surface area contributed by atoms with E-state index in [0.29, 0.717) is 0 Å². The predicted octanol–water partition coefficient (Wildman–Crippen LogP) is -1.72. The first-order valence-corrected chi connectivity index (χ1v) is 2.00. The lowest BCUT2D eigenvalue weighted by Crippen LogP contribution is -1.91. The van der Waals surface area contributed by atoms with Gasteiger partial charge in [0, 0.05) is 10.4 Å². The zero-order valence-corrected chi connectivity index (χ0v) is 4.36. The minimum atomic E-state index is -5.17. The lowest BCUT2D eigenvalue weighted by Gasteiger charge is -2.06. The van der Waals surface area contributed by atoms with E-state index in [4.69, 9.17) is 17.5 Å². The van der Waals surface area contributed by atoms with Crippen molar-refractivity contribution < 1.29 is 17.5 Å². The summed E-state index contributed by atoms with van der Waals surface area (Å²) >= 11 is 0. The van der Waals surface area contributed by atoms with Crippen LogP contribution in [0.4, 0.5) is 0 Å². The Kier molecular flexibility index (Phi) is 3.60. The first-order valence-electron chi connectivity index (χ1n) is 0.667. The normalized spacial score (nSPS) is 9.67. The Hall–Kier alpha value is 0.0869. The van der Waals surface area contributed by atoms with Crippen LogP contribution in [0, 0.1) is 0 Å². The first-order chi connectivity index (χ1) is 2.00. The lowest BCUT2D eigenvalue weighted by atomic mass is 15.8. The maximum Gasteiger partial charge on any atom is 2.00 e. The molecule has 0 bridgehead atoms. The highest BCUT2D eigenvalue weighted by Crippen LogP contribution is 1.57. The molecule has 0 aliphatic heterocycles. The molecular weight excluding hydrogens is 124 g/mol. The van der Waals surface area contributed by atoms with Crippen molar-refractivity contribution in [2.24, 2.45) is 0 Å². The molecule has 0 rings (SSSR count). The molecule has 34 valence electrons. The van der Waals surface area contributed by atoms with Gasteiger partial charge in [-0.2, -0.15) is 0 Å². The molecule has 0 N–H and O–H groups in total. The molecule has 2 radical (unpaired) electrons. The monoisotopic (exact) mass is 124 g/mol. The van der Waals surface area contributed by atoms with Crippen LogP contribution >= 0.6 is 0 Å². The zero-order valence-electron chi connectivity index (χ0n) is 2.54. The Labute approximate surface area is 39.8 Å². The molecule has 0 aliphatic rings. The molecule has 0 saturated carbocycles. The Balaban J connectivity index is 0. The lowest BCUT2D eigenvalue weighted by molar-refractivity contribution is 0.352. The zero-order chi connectivity index (χ0) is 4.50. The van der Waals surface area contributed by atoms with Gasteiger partial charge in [0.1, 0.15) is 0 Å². The average Bonchev–Trinajstić information content (AvgIpc) is 0.722. The van der Waals surface area contributed by atoms with Gasteiger partial charge in [-0.15, -0.1) is 0 Å². The molecule has 0 amide bonds. The number of hydrogen-bond acceptors (Lipinski definition) is 4. The standard InChI is InChI=1S/H2O4S.Si/c1-5(2,3)4;/h(H2,1,2,3,4);/q;+2/p-2. The van der Waals surface area contributed by atoms with Gasteiger partial charge < -0.3 is 9.11 Å². The second kappa shape index (κ2) is 2.29. The highest BCUT2D eigenvalue weighted by Gasteiger charge is 2.00. The SMILES string of the molecule is O=S(=O)([O-])[O-].[Si+2]. The summed E-state index contributed by atoms with van der Waals surface area (Å²) in [6.45, 7) is 0. The molecule has 6 heavy (non-hydrogen) atoms. The van der Waals surface area contributed by atoms with Crippen LogP contribution < -0.4 is 0 Å². The second-order valence-electron chi connectivity index (χ2n) is 0.408. The maximum absolute atomic E-state index is 8.52. The van der Waals surface area contributed by atoms with Gasteiger partial charge in [0.2, 0.25) is 0 Å². The van der Waals surface area contributed by atoms with Crippen molar-refractivity contribution in [2.75, 3.05) is 0 Å². The molecule has 0 aromatic carbocycles. The highest BCUT2D eigenvalue weighted by atomic mass is 32.3. The average molecular weight is 124 g/mol. The van der Waals surface area contributed by atoms with E-state index in [-0.39, 0.29) is 11.0 Å². The van der Waals surface area contributed by atoms with E-state index in [1.54, 1.807) is 0 Å². The van der Waals surface area contributed by atoms with Gasteiger partial charge in [0.15, 0.2) is 0 Å². The summed E-state index contributed by atoms with van der Waals surface area (Å²) in [5.41, 5.74) is 0. The molecule has 0 aromatic rings. The summed E-state index contributed by atoms with van der Waals surface area (Å²) < 4.78 is 34.1. The van der Waals surface area contributed by atoms with Crippen molar-refractivity contribution in [1.29, 1.82) is 0 Å². The Morgan fingerprint density at radius 3 is 1.17 bits per heavy atom. The summed E-state index contributed by atoms with van der Waals surface area (Å²) in [6, 6.07) is 0. The van der Waals surface area contributed by atoms with Crippen LogP contribution in [0.5, 0.6) is 0 Å². The van der Waals surface area contributed by atoms with Crippen molar-refractivity contribution in [2.45, 2.75) is 0 Å². The summed E-state index contributed by atoms with van der Waals surface area (Å²) in [7, 11) is -5.17. The van der Waals surface area contributed by atoms with Crippen LogP contribution in [0.3, 0.4) is 0 Å². The largest absolute Gasteiger partial charge is 2.00 e. The maximum atomic E-state index is 8.52. The number of hydrogen-bond donors (Lipinski definition) is 0. The first kappa shape index (κ1) is 9.43. The molecule has 0 aliphatic carbocycles. The topological polar surface area (TPSA) is 80.3 Å². The van der Waals surface area contributed by atoms with E-state index in [2.05, 4.69) is 0 Å². The van der Waals surface area contributed by atoms with Gasteiger partial charge in [0.05, 0.1) is 0 Å². The van der Waals surface area contributed by atoms with Crippen LogP contribution in [0.2, 0.25) is 0 Å². The quantitative estimate of drug-likeness (QED) is 0.218. The molecule has 0 aromatic heterocycles. The summed E-state index contributed by atoms with van der Waals surface area (Å²) in [5, 5.41) is 0. The fourth-order valence-electron chi connectivity index (χ4n) is 0. The molecule has 0 spiro atoms. The third-order valence-corrected chi connectivity index (χ3v) is 0. The van der Waals surface area contributed by atoms with Crippen LogP contribution in [0.25, 0.3) is 0 Å². The van der Waals surface area contributed by atoms with Gasteiger partial charge >= 0.3 is 11.0 Å². The van der Waals surface area contributed by atoms with E-state index in [1.807, 2.05) is 0 Å². The third kappa shape index (κ3) is 5160. The van der Waals surface area contributed by atoms with Gasteiger partial charge in [-0.1, -0.05) is 0 Å². The van der Waals surface area contributed by atoms with E-state index in [9.17, 15) is 0 Å². The van der Waals surface area contributed by atoms with Gasteiger partial charge in [-0.3, -0.25) is 8.42 Å². The Morgan fingerprint density at radius 2 is 1.17 bits per heavy atom. The molecule has 0 fully saturated rings. The Morgan fingerprint density at radius 1 is 1.17 bits per heavy atom. The smallest absolute Gasteiger partial charge is 0.759 e. The van der Waals surface area contributed by atoms with Crippen molar-refractivity contribution in [3.8, 4) is 0 Å². The van der Waals surface area contributed by atoms with Gasteiger partial charge in [-0.05, 0) is 0 Å². The highest BCUT2D eigenvalue weighted by molar-refractivity contribution is 7.79. The molecule has 0 heterocycles. The minimum absolute atomic E-state index is 0. The van der Waals surface area contributed by atoms with Gasteiger partial charge in [0.25, 0.3) is 0 Å². The summed E-state index contributed by atoms with van der Waals surface area (Å²) in [5.74, 6) is 0. The summed E-state index contributed by atoms with van der Waals surface area (Å²) in [6.07, 6.45) is 0. The van der Waals surface area contributed by atoms with Crippen LogP contribution in [-0.4, -0.2) is 28.5 Å². The van der Waals surface area contributed by atoms with E-state index in [1.165, 1.54) is 0 Å². The number of rotatable bonds is 0. The molecular formula is O4SSi. The van der Waals surface area contributed by atoms with Crippen molar-refractivity contribution in [1.82, 2.24) is 0 Å². The fourth-order valence-corrected chi connectivity index (χ4v) is 0. The molecule has 0 atom stereocenters. The third-order valence-electron chi connectivity index (χ3n) is 0.